The van der Waals surface area contributed by atoms with E-state index in [1.54, 1.807) is 6.07 Å². The van der Waals surface area contributed by atoms with Gasteiger partial charge in [-0.1, -0.05) is 23.7 Å². The average molecular weight is 269 g/mol. The highest BCUT2D eigenvalue weighted by Gasteiger charge is 2.34. The molecule has 1 aromatic rings. The van der Waals surface area contributed by atoms with Gasteiger partial charge in [-0.3, -0.25) is 4.90 Å². The van der Waals surface area contributed by atoms with Crippen LogP contribution in [0.15, 0.2) is 18.2 Å². The predicted molar refractivity (Wildman–Crippen MR) is 71.2 cm³/mol. The zero-order valence-electron chi connectivity index (χ0n) is 10.3. The third kappa shape index (κ3) is 2.27. The third-order valence-electron chi connectivity index (χ3n) is 4.20. The highest BCUT2D eigenvalue weighted by Crippen LogP contribution is 2.29. The summed E-state index contributed by atoms with van der Waals surface area (Å²) in [6.07, 6.45) is 2.54. The monoisotopic (exact) mass is 268 g/mol. The van der Waals surface area contributed by atoms with Crippen LogP contribution in [-0.4, -0.2) is 30.6 Å². The first-order valence-electron chi connectivity index (χ1n) is 6.63. The number of halogens is 2. The lowest BCUT2D eigenvalue weighted by molar-refractivity contribution is 0.117. The Balaban J connectivity index is 1.77. The molecule has 2 unspecified atom stereocenters. The third-order valence-corrected chi connectivity index (χ3v) is 4.62. The van der Waals surface area contributed by atoms with Crippen molar-refractivity contribution in [3.05, 3.63) is 34.6 Å². The molecule has 2 aliphatic rings. The SMILES string of the molecule is Fc1cccc(CN2CCCC3CNCC32)c1Cl. The van der Waals surface area contributed by atoms with Crippen LogP contribution in [0.25, 0.3) is 0 Å². The zero-order valence-corrected chi connectivity index (χ0v) is 11.1. The number of nitrogens with one attached hydrogen (secondary N) is 1. The van der Waals surface area contributed by atoms with Gasteiger partial charge in [0.05, 0.1) is 5.02 Å². The van der Waals surface area contributed by atoms with Crippen LogP contribution in [0.4, 0.5) is 4.39 Å². The second-order valence-corrected chi connectivity index (χ2v) is 5.69. The number of nitrogens with zero attached hydrogens (tertiary/aromatic N) is 1. The lowest BCUT2D eigenvalue weighted by atomic mass is 9.91. The average Bonchev–Trinajstić information content (AvgIpc) is 2.84. The van der Waals surface area contributed by atoms with Crippen molar-refractivity contribution in [1.82, 2.24) is 10.2 Å². The van der Waals surface area contributed by atoms with E-state index in [1.807, 2.05) is 6.07 Å². The number of fused-ring (bicyclic) bond motifs is 1. The van der Waals surface area contributed by atoms with Crippen LogP contribution < -0.4 is 5.32 Å². The van der Waals surface area contributed by atoms with Gasteiger partial charge in [0.25, 0.3) is 0 Å². The highest BCUT2D eigenvalue weighted by atomic mass is 35.5. The number of benzene rings is 1. The topological polar surface area (TPSA) is 15.3 Å². The van der Waals surface area contributed by atoms with Gasteiger partial charge < -0.3 is 5.32 Å². The van der Waals surface area contributed by atoms with E-state index in [2.05, 4.69) is 10.2 Å². The summed E-state index contributed by atoms with van der Waals surface area (Å²) >= 11 is 6.04. The summed E-state index contributed by atoms with van der Waals surface area (Å²) in [6, 6.07) is 5.68. The molecule has 2 atom stereocenters. The summed E-state index contributed by atoms with van der Waals surface area (Å²) < 4.78 is 13.4. The highest BCUT2D eigenvalue weighted by molar-refractivity contribution is 6.31. The normalized spacial score (nSPS) is 28.3. The summed E-state index contributed by atoms with van der Waals surface area (Å²) in [6.45, 7) is 4.03. The Morgan fingerprint density at radius 3 is 3.17 bits per heavy atom. The quantitative estimate of drug-likeness (QED) is 0.887. The molecule has 2 saturated heterocycles. The maximum atomic E-state index is 13.4. The van der Waals surface area contributed by atoms with Crippen molar-refractivity contribution in [2.45, 2.75) is 25.4 Å². The van der Waals surface area contributed by atoms with E-state index in [9.17, 15) is 4.39 Å². The molecule has 1 N–H and O–H groups in total. The minimum absolute atomic E-state index is 0.283. The molecule has 0 amide bonds. The van der Waals surface area contributed by atoms with Gasteiger partial charge >= 0.3 is 0 Å². The molecule has 2 heterocycles. The molecule has 3 rings (SSSR count). The Morgan fingerprint density at radius 1 is 1.39 bits per heavy atom. The Labute approximate surface area is 112 Å². The van der Waals surface area contributed by atoms with Gasteiger partial charge in [0.2, 0.25) is 0 Å². The molecule has 0 aliphatic carbocycles. The largest absolute Gasteiger partial charge is 0.315 e. The van der Waals surface area contributed by atoms with Gasteiger partial charge in [0, 0.05) is 19.1 Å². The van der Waals surface area contributed by atoms with E-state index in [1.165, 1.54) is 18.9 Å². The molecule has 0 aromatic heterocycles. The van der Waals surface area contributed by atoms with Gasteiger partial charge in [-0.05, 0) is 43.5 Å². The molecule has 4 heteroatoms. The second-order valence-electron chi connectivity index (χ2n) is 5.31. The Hall–Kier alpha value is -0.640. The van der Waals surface area contributed by atoms with Gasteiger partial charge in [-0.15, -0.1) is 0 Å². The van der Waals surface area contributed by atoms with Gasteiger partial charge in [-0.2, -0.15) is 0 Å². The Morgan fingerprint density at radius 2 is 2.28 bits per heavy atom. The summed E-state index contributed by atoms with van der Waals surface area (Å²) in [5, 5.41) is 3.74. The number of rotatable bonds is 2. The van der Waals surface area contributed by atoms with Crippen molar-refractivity contribution in [3.8, 4) is 0 Å². The maximum Gasteiger partial charge on any atom is 0.142 e. The fraction of sp³-hybridized carbons (Fsp3) is 0.571. The lowest BCUT2D eigenvalue weighted by Crippen LogP contribution is -2.44. The first-order chi connectivity index (χ1) is 8.75. The molecule has 1 aromatic carbocycles. The maximum absolute atomic E-state index is 13.4. The van der Waals surface area contributed by atoms with Crippen LogP contribution in [0, 0.1) is 11.7 Å². The first-order valence-corrected chi connectivity index (χ1v) is 7.01. The van der Waals surface area contributed by atoms with Gasteiger partial charge in [0.1, 0.15) is 5.82 Å². The minimum atomic E-state index is -0.313. The molecule has 0 radical (unpaired) electrons. The molecule has 2 aliphatic heterocycles. The summed E-state index contributed by atoms with van der Waals surface area (Å²) in [5.74, 6) is 0.443. The van der Waals surface area contributed by atoms with E-state index < -0.39 is 0 Å². The van der Waals surface area contributed by atoms with Crippen LogP contribution in [0.3, 0.4) is 0 Å². The van der Waals surface area contributed by atoms with Crippen LogP contribution in [0.5, 0.6) is 0 Å². The van der Waals surface area contributed by atoms with Crippen molar-refractivity contribution in [3.63, 3.8) is 0 Å². The second kappa shape index (κ2) is 5.16. The molecule has 0 spiro atoms. The predicted octanol–water partition coefficient (Wildman–Crippen LogP) is 2.66. The lowest BCUT2D eigenvalue weighted by Gasteiger charge is -2.37. The van der Waals surface area contributed by atoms with Crippen LogP contribution in [0.2, 0.25) is 5.02 Å². The zero-order chi connectivity index (χ0) is 12.5. The van der Waals surface area contributed by atoms with Crippen LogP contribution in [0.1, 0.15) is 18.4 Å². The fourth-order valence-corrected chi connectivity index (χ4v) is 3.43. The van der Waals surface area contributed by atoms with Crippen molar-refractivity contribution < 1.29 is 4.39 Å². The fourth-order valence-electron chi connectivity index (χ4n) is 3.25. The van der Waals surface area contributed by atoms with Crippen molar-refractivity contribution in [2.24, 2.45) is 5.92 Å². The van der Waals surface area contributed by atoms with Crippen molar-refractivity contribution >= 4 is 11.6 Å². The van der Waals surface area contributed by atoms with E-state index in [-0.39, 0.29) is 10.8 Å². The summed E-state index contributed by atoms with van der Waals surface area (Å²) in [5.41, 5.74) is 0.907. The van der Waals surface area contributed by atoms with Gasteiger partial charge in [0.15, 0.2) is 0 Å². The number of likely N-dealkylation sites (tertiary alicyclic amines) is 1. The van der Waals surface area contributed by atoms with Crippen LogP contribution >= 0.6 is 11.6 Å². The number of piperidine rings is 1. The number of hydrogen-bond acceptors (Lipinski definition) is 2. The summed E-state index contributed by atoms with van der Waals surface area (Å²) in [7, 11) is 0. The molecule has 0 bridgehead atoms. The van der Waals surface area contributed by atoms with Gasteiger partial charge in [-0.25, -0.2) is 4.39 Å². The molecular formula is C14H18ClFN2. The van der Waals surface area contributed by atoms with E-state index in [0.29, 0.717) is 6.04 Å². The van der Waals surface area contributed by atoms with E-state index in [4.69, 9.17) is 11.6 Å². The minimum Gasteiger partial charge on any atom is -0.315 e. The molecule has 2 nitrogen and oxygen atoms in total. The smallest absolute Gasteiger partial charge is 0.142 e. The Kier molecular flexibility index (Phi) is 3.55. The van der Waals surface area contributed by atoms with Crippen molar-refractivity contribution in [2.75, 3.05) is 19.6 Å². The summed E-state index contributed by atoms with van der Waals surface area (Å²) in [4.78, 5) is 2.45. The van der Waals surface area contributed by atoms with E-state index >= 15 is 0 Å². The van der Waals surface area contributed by atoms with Crippen molar-refractivity contribution in [1.29, 1.82) is 0 Å². The Bertz CT molecular complexity index is 438. The van der Waals surface area contributed by atoms with Crippen LogP contribution in [-0.2, 0) is 6.54 Å². The van der Waals surface area contributed by atoms with E-state index in [0.717, 1.165) is 37.7 Å². The first kappa shape index (κ1) is 12.4. The number of hydrogen-bond donors (Lipinski definition) is 1. The molecule has 18 heavy (non-hydrogen) atoms. The molecule has 98 valence electrons. The molecular weight excluding hydrogens is 251 g/mol. The standard InChI is InChI=1S/C14H18ClFN2/c15-14-11(3-1-5-12(14)16)9-18-6-2-4-10-7-17-8-13(10)18/h1,3,5,10,13,17H,2,4,6-9H2. The molecule has 0 saturated carbocycles. The molecule has 2 fully saturated rings.